The van der Waals surface area contributed by atoms with Crippen LogP contribution in [-0.4, -0.2) is 18.2 Å². The molecule has 1 N–H and O–H groups in total. The molecule has 98 valence electrons. The smallest absolute Gasteiger partial charge is 0.328 e. The highest BCUT2D eigenvalue weighted by Crippen LogP contribution is 2.31. The van der Waals surface area contributed by atoms with Gasteiger partial charge in [0.05, 0.1) is 6.61 Å². The second kappa shape index (κ2) is 6.31. The van der Waals surface area contributed by atoms with Gasteiger partial charge in [0.1, 0.15) is 0 Å². The number of carboxylic acid groups (broad SMARTS) is 1. The van der Waals surface area contributed by atoms with Crippen molar-refractivity contribution in [2.75, 3.05) is 7.11 Å². The Labute approximate surface area is 115 Å². The number of aliphatic carboxylic acids is 1. The van der Waals surface area contributed by atoms with E-state index in [4.69, 9.17) is 9.84 Å². The first-order valence-corrected chi connectivity index (χ1v) is 6.60. The van der Waals surface area contributed by atoms with Crippen molar-refractivity contribution in [3.05, 3.63) is 52.9 Å². The van der Waals surface area contributed by atoms with Gasteiger partial charge in [-0.3, -0.25) is 0 Å². The molecule has 0 aliphatic rings. The standard InChI is InChI=1S/C15H14O3S/c1-18-10-11-4-2-3-5-13(11)14-8-6-12(19-14)7-9-15(16)17/h2-9H,10H2,1H3,(H,16,17)/b9-7+. The van der Waals surface area contributed by atoms with Gasteiger partial charge in [-0.2, -0.15) is 0 Å². The lowest BCUT2D eigenvalue weighted by Gasteiger charge is -2.06. The Morgan fingerprint density at radius 3 is 2.84 bits per heavy atom. The van der Waals surface area contributed by atoms with E-state index in [1.807, 2.05) is 36.4 Å². The van der Waals surface area contributed by atoms with E-state index in [9.17, 15) is 4.79 Å². The molecule has 19 heavy (non-hydrogen) atoms. The minimum Gasteiger partial charge on any atom is -0.478 e. The van der Waals surface area contributed by atoms with Crippen molar-refractivity contribution in [3.63, 3.8) is 0 Å². The predicted molar refractivity (Wildman–Crippen MR) is 77.1 cm³/mol. The van der Waals surface area contributed by atoms with E-state index in [0.717, 1.165) is 27.0 Å². The molecule has 0 unspecified atom stereocenters. The van der Waals surface area contributed by atoms with Gasteiger partial charge >= 0.3 is 5.97 Å². The van der Waals surface area contributed by atoms with Gasteiger partial charge < -0.3 is 9.84 Å². The summed E-state index contributed by atoms with van der Waals surface area (Å²) in [6, 6.07) is 12.0. The Morgan fingerprint density at radius 2 is 2.11 bits per heavy atom. The molecule has 0 saturated heterocycles. The first kappa shape index (κ1) is 13.5. The van der Waals surface area contributed by atoms with Gasteiger partial charge in [0.2, 0.25) is 0 Å². The molecule has 0 saturated carbocycles. The second-order valence-electron chi connectivity index (χ2n) is 3.96. The topological polar surface area (TPSA) is 46.5 Å². The quantitative estimate of drug-likeness (QED) is 0.846. The normalized spacial score (nSPS) is 11.0. The van der Waals surface area contributed by atoms with Gasteiger partial charge in [-0.05, 0) is 29.3 Å². The third kappa shape index (κ3) is 3.53. The molecular weight excluding hydrogens is 260 g/mol. The van der Waals surface area contributed by atoms with Crippen LogP contribution in [0.4, 0.5) is 0 Å². The van der Waals surface area contributed by atoms with Crippen LogP contribution < -0.4 is 0 Å². The number of hydrogen-bond donors (Lipinski definition) is 1. The fourth-order valence-corrected chi connectivity index (χ4v) is 2.75. The molecule has 0 aliphatic carbocycles. The summed E-state index contributed by atoms with van der Waals surface area (Å²) in [7, 11) is 1.67. The Morgan fingerprint density at radius 1 is 1.32 bits per heavy atom. The summed E-state index contributed by atoms with van der Waals surface area (Å²) in [5.74, 6) is -0.935. The maximum absolute atomic E-state index is 10.5. The number of benzene rings is 1. The third-order valence-corrected chi connectivity index (χ3v) is 3.68. The molecule has 0 amide bonds. The highest BCUT2D eigenvalue weighted by molar-refractivity contribution is 7.16. The second-order valence-corrected chi connectivity index (χ2v) is 5.08. The molecule has 2 rings (SSSR count). The van der Waals surface area contributed by atoms with E-state index in [1.165, 1.54) is 0 Å². The molecule has 0 spiro atoms. The number of hydrogen-bond acceptors (Lipinski definition) is 3. The number of carboxylic acids is 1. The molecule has 1 aromatic heterocycles. The molecule has 0 radical (unpaired) electrons. The highest BCUT2D eigenvalue weighted by atomic mass is 32.1. The number of thiophene rings is 1. The molecule has 3 nitrogen and oxygen atoms in total. The minimum absolute atomic E-state index is 0.564. The molecule has 0 atom stereocenters. The lowest BCUT2D eigenvalue weighted by Crippen LogP contribution is -1.89. The first-order valence-electron chi connectivity index (χ1n) is 5.79. The largest absolute Gasteiger partial charge is 0.478 e. The lowest BCUT2D eigenvalue weighted by atomic mass is 10.1. The van der Waals surface area contributed by atoms with Crippen LogP contribution in [0.15, 0.2) is 42.5 Å². The monoisotopic (exact) mass is 274 g/mol. The van der Waals surface area contributed by atoms with Gasteiger partial charge in [-0.15, -0.1) is 11.3 Å². The minimum atomic E-state index is -0.935. The number of methoxy groups -OCH3 is 1. The summed E-state index contributed by atoms with van der Waals surface area (Å²) in [5.41, 5.74) is 2.25. The van der Waals surface area contributed by atoms with Crippen LogP contribution in [0.3, 0.4) is 0 Å². The summed E-state index contributed by atoms with van der Waals surface area (Å²) in [6.45, 7) is 0.564. The van der Waals surface area contributed by atoms with E-state index in [1.54, 1.807) is 24.5 Å². The zero-order valence-corrected chi connectivity index (χ0v) is 11.3. The van der Waals surface area contributed by atoms with Gasteiger partial charge in [-0.25, -0.2) is 4.79 Å². The molecular formula is C15H14O3S. The summed E-state index contributed by atoms with van der Waals surface area (Å²) in [4.78, 5) is 12.5. The summed E-state index contributed by atoms with van der Waals surface area (Å²) < 4.78 is 5.19. The van der Waals surface area contributed by atoms with Crippen molar-refractivity contribution in [3.8, 4) is 10.4 Å². The van der Waals surface area contributed by atoms with Crippen LogP contribution in [0.5, 0.6) is 0 Å². The van der Waals surface area contributed by atoms with Crippen LogP contribution in [0, 0.1) is 0 Å². The fourth-order valence-electron chi connectivity index (χ4n) is 1.78. The maximum atomic E-state index is 10.5. The lowest BCUT2D eigenvalue weighted by molar-refractivity contribution is -0.131. The highest BCUT2D eigenvalue weighted by Gasteiger charge is 2.06. The summed E-state index contributed by atoms with van der Waals surface area (Å²) >= 11 is 1.56. The Hall–Kier alpha value is -1.91. The van der Waals surface area contributed by atoms with E-state index >= 15 is 0 Å². The third-order valence-electron chi connectivity index (χ3n) is 2.60. The van der Waals surface area contributed by atoms with Crippen LogP contribution >= 0.6 is 11.3 Å². The van der Waals surface area contributed by atoms with Crippen molar-refractivity contribution in [2.45, 2.75) is 6.61 Å². The molecule has 1 aromatic carbocycles. The molecule has 1 heterocycles. The van der Waals surface area contributed by atoms with Crippen molar-refractivity contribution < 1.29 is 14.6 Å². The van der Waals surface area contributed by atoms with E-state index in [0.29, 0.717) is 6.61 Å². The molecule has 0 aliphatic heterocycles. The number of rotatable bonds is 5. The first-order chi connectivity index (χ1) is 9.20. The van der Waals surface area contributed by atoms with Crippen LogP contribution in [0.25, 0.3) is 16.5 Å². The van der Waals surface area contributed by atoms with Crippen molar-refractivity contribution in [1.82, 2.24) is 0 Å². The molecule has 2 aromatic rings. The van der Waals surface area contributed by atoms with Gasteiger partial charge in [-0.1, -0.05) is 24.3 Å². The summed E-state index contributed by atoms with van der Waals surface area (Å²) in [6.07, 6.45) is 2.76. The fraction of sp³-hybridized carbons (Fsp3) is 0.133. The molecule has 0 bridgehead atoms. The van der Waals surface area contributed by atoms with Crippen molar-refractivity contribution in [2.24, 2.45) is 0 Å². The van der Waals surface area contributed by atoms with E-state index in [-0.39, 0.29) is 0 Å². The van der Waals surface area contributed by atoms with Crippen molar-refractivity contribution in [1.29, 1.82) is 0 Å². The Balaban J connectivity index is 2.30. The van der Waals surface area contributed by atoms with E-state index in [2.05, 4.69) is 0 Å². The average Bonchev–Trinajstić information content (AvgIpc) is 2.86. The summed E-state index contributed by atoms with van der Waals surface area (Å²) in [5, 5.41) is 8.61. The van der Waals surface area contributed by atoms with Crippen molar-refractivity contribution >= 4 is 23.4 Å². The molecule has 0 fully saturated rings. The zero-order chi connectivity index (χ0) is 13.7. The van der Waals surface area contributed by atoms with Crippen LogP contribution in [0.1, 0.15) is 10.4 Å². The Bertz CT molecular complexity index is 599. The number of carbonyl (C=O) groups is 1. The van der Waals surface area contributed by atoms with Crippen LogP contribution in [-0.2, 0) is 16.1 Å². The van der Waals surface area contributed by atoms with Crippen LogP contribution in [0.2, 0.25) is 0 Å². The van der Waals surface area contributed by atoms with E-state index < -0.39 is 5.97 Å². The van der Waals surface area contributed by atoms with Gasteiger partial charge in [0, 0.05) is 22.9 Å². The number of ether oxygens (including phenoxy) is 1. The van der Waals surface area contributed by atoms with Gasteiger partial charge in [0.25, 0.3) is 0 Å². The van der Waals surface area contributed by atoms with Gasteiger partial charge in [0.15, 0.2) is 0 Å². The SMILES string of the molecule is COCc1ccccc1-c1ccc(/C=C/C(=O)O)s1. The average molecular weight is 274 g/mol. The maximum Gasteiger partial charge on any atom is 0.328 e. The Kier molecular flexibility index (Phi) is 4.49. The predicted octanol–water partition coefficient (Wildman–Crippen LogP) is 3.66. The molecule has 4 heteroatoms. The zero-order valence-electron chi connectivity index (χ0n) is 10.5.